The second-order valence-corrected chi connectivity index (χ2v) is 10.4. The number of hydrogen-bond acceptors (Lipinski definition) is 4. The Labute approximate surface area is 192 Å². The quantitative estimate of drug-likeness (QED) is 0.734. The SMILES string of the molecule is CC(C)(C)CC(=O)N1CCC([C@@H]2CN(c3ccc(C#N)c(C(F)(F)F)c3)C[C@H]2C(N)=O)CC1. The van der Waals surface area contributed by atoms with Crippen LogP contribution < -0.4 is 10.6 Å². The molecule has 0 aliphatic carbocycles. The van der Waals surface area contributed by atoms with Gasteiger partial charge < -0.3 is 15.5 Å². The van der Waals surface area contributed by atoms with Gasteiger partial charge in [-0.3, -0.25) is 9.59 Å². The van der Waals surface area contributed by atoms with Crippen LogP contribution in [0.15, 0.2) is 18.2 Å². The molecule has 2 aliphatic rings. The molecule has 0 radical (unpaired) electrons. The minimum atomic E-state index is -4.64. The van der Waals surface area contributed by atoms with Crippen LogP contribution in [-0.4, -0.2) is 42.9 Å². The molecule has 0 bridgehead atoms. The second-order valence-electron chi connectivity index (χ2n) is 10.4. The van der Waals surface area contributed by atoms with Gasteiger partial charge >= 0.3 is 6.18 Å². The van der Waals surface area contributed by atoms with Gasteiger partial charge in [0.05, 0.1) is 23.1 Å². The Morgan fingerprint density at radius 2 is 1.79 bits per heavy atom. The third-order valence-electron chi connectivity index (χ3n) is 6.70. The van der Waals surface area contributed by atoms with Crippen molar-refractivity contribution in [3.63, 3.8) is 0 Å². The van der Waals surface area contributed by atoms with Gasteiger partial charge in [-0.2, -0.15) is 18.4 Å². The Morgan fingerprint density at radius 1 is 1.15 bits per heavy atom. The van der Waals surface area contributed by atoms with Crippen LogP contribution in [0.2, 0.25) is 0 Å². The van der Waals surface area contributed by atoms with Crippen molar-refractivity contribution in [2.24, 2.45) is 28.9 Å². The number of alkyl halides is 3. The van der Waals surface area contributed by atoms with E-state index in [2.05, 4.69) is 0 Å². The molecular formula is C24H31F3N4O2. The van der Waals surface area contributed by atoms with Crippen molar-refractivity contribution in [1.82, 2.24) is 4.90 Å². The van der Waals surface area contributed by atoms with Gasteiger partial charge in [-0.15, -0.1) is 0 Å². The molecule has 1 aromatic rings. The molecule has 2 amide bonds. The number of hydrogen-bond donors (Lipinski definition) is 1. The first-order valence-electron chi connectivity index (χ1n) is 11.2. The van der Waals surface area contributed by atoms with Crippen molar-refractivity contribution in [2.75, 3.05) is 31.1 Å². The van der Waals surface area contributed by atoms with Crippen LogP contribution in [0.4, 0.5) is 18.9 Å². The van der Waals surface area contributed by atoms with Crippen molar-refractivity contribution in [3.05, 3.63) is 29.3 Å². The van der Waals surface area contributed by atoms with E-state index in [1.807, 2.05) is 25.7 Å². The van der Waals surface area contributed by atoms with E-state index in [0.29, 0.717) is 31.7 Å². The van der Waals surface area contributed by atoms with Crippen LogP contribution in [0.25, 0.3) is 0 Å². The molecule has 2 aliphatic heterocycles. The minimum Gasteiger partial charge on any atom is -0.370 e. The summed E-state index contributed by atoms with van der Waals surface area (Å²) in [5.41, 5.74) is 4.50. The summed E-state index contributed by atoms with van der Waals surface area (Å²) < 4.78 is 40.2. The van der Waals surface area contributed by atoms with E-state index < -0.39 is 29.1 Å². The summed E-state index contributed by atoms with van der Waals surface area (Å²) >= 11 is 0. The summed E-state index contributed by atoms with van der Waals surface area (Å²) in [6.45, 7) is 7.94. The van der Waals surface area contributed by atoms with E-state index in [0.717, 1.165) is 18.9 Å². The average molecular weight is 465 g/mol. The Morgan fingerprint density at radius 3 is 2.30 bits per heavy atom. The Kier molecular flexibility index (Phi) is 6.96. The number of primary amides is 1. The zero-order valence-electron chi connectivity index (χ0n) is 19.3. The summed E-state index contributed by atoms with van der Waals surface area (Å²) in [5.74, 6) is -0.744. The molecule has 180 valence electrons. The minimum absolute atomic E-state index is 0.0900. The van der Waals surface area contributed by atoms with Crippen LogP contribution in [0.3, 0.4) is 0 Å². The van der Waals surface area contributed by atoms with E-state index in [1.54, 1.807) is 11.0 Å². The second kappa shape index (κ2) is 9.24. The zero-order valence-corrected chi connectivity index (χ0v) is 19.3. The molecule has 33 heavy (non-hydrogen) atoms. The third-order valence-corrected chi connectivity index (χ3v) is 6.70. The maximum atomic E-state index is 13.4. The largest absolute Gasteiger partial charge is 0.417 e. The Balaban J connectivity index is 1.73. The number of amides is 2. The van der Waals surface area contributed by atoms with E-state index in [1.165, 1.54) is 12.1 Å². The summed E-state index contributed by atoms with van der Waals surface area (Å²) in [7, 11) is 0. The monoisotopic (exact) mass is 464 g/mol. The number of halogens is 3. The topological polar surface area (TPSA) is 90.4 Å². The molecule has 1 aromatic carbocycles. The predicted molar refractivity (Wildman–Crippen MR) is 118 cm³/mol. The van der Waals surface area contributed by atoms with E-state index in [4.69, 9.17) is 11.0 Å². The highest BCUT2D eigenvalue weighted by molar-refractivity contribution is 5.79. The lowest BCUT2D eigenvalue weighted by atomic mass is 9.78. The fourth-order valence-electron chi connectivity index (χ4n) is 5.02. The van der Waals surface area contributed by atoms with Crippen molar-refractivity contribution in [1.29, 1.82) is 5.26 Å². The van der Waals surface area contributed by atoms with Crippen LogP contribution >= 0.6 is 0 Å². The molecule has 9 heteroatoms. The molecule has 2 heterocycles. The molecule has 0 unspecified atom stereocenters. The highest BCUT2D eigenvalue weighted by Crippen LogP contribution is 2.40. The number of carbonyl (C=O) groups is 2. The maximum absolute atomic E-state index is 13.4. The zero-order chi connectivity index (χ0) is 24.6. The number of nitriles is 1. The highest BCUT2D eigenvalue weighted by Gasteiger charge is 2.43. The van der Waals surface area contributed by atoms with Crippen LogP contribution in [-0.2, 0) is 15.8 Å². The van der Waals surface area contributed by atoms with E-state index in [9.17, 15) is 22.8 Å². The van der Waals surface area contributed by atoms with Crippen LogP contribution in [0.1, 0.15) is 51.2 Å². The standard InChI is InChI=1S/C24H31F3N4O2/c1-23(2,3)11-21(32)30-8-6-15(7-9-30)18-13-31(14-19(18)22(29)33)17-5-4-16(12-28)20(10-17)24(25,26)27/h4-5,10,15,18-19H,6-9,11,13-14H2,1-3H3,(H2,29,33)/t18-,19+/m0/s1. The number of piperidine rings is 1. The molecule has 6 nitrogen and oxygen atoms in total. The summed E-state index contributed by atoms with van der Waals surface area (Å²) in [5, 5.41) is 9.04. The number of rotatable bonds is 4. The van der Waals surface area contributed by atoms with Gasteiger partial charge in [0.15, 0.2) is 0 Å². The number of benzene rings is 1. The Bertz CT molecular complexity index is 940. The van der Waals surface area contributed by atoms with Crippen molar-refractivity contribution < 1.29 is 22.8 Å². The fourth-order valence-corrected chi connectivity index (χ4v) is 5.02. The molecular weight excluding hydrogens is 433 g/mol. The van der Waals surface area contributed by atoms with Gasteiger partial charge in [-0.05, 0) is 48.3 Å². The lowest BCUT2D eigenvalue weighted by Gasteiger charge is -2.37. The van der Waals surface area contributed by atoms with Gasteiger partial charge in [0.25, 0.3) is 0 Å². The molecule has 2 fully saturated rings. The first-order chi connectivity index (χ1) is 15.3. The van der Waals surface area contributed by atoms with Gasteiger partial charge in [0.1, 0.15) is 0 Å². The molecule has 0 spiro atoms. The third kappa shape index (κ3) is 5.79. The number of anilines is 1. The molecule has 0 saturated carbocycles. The number of nitrogens with zero attached hydrogens (tertiary/aromatic N) is 3. The van der Waals surface area contributed by atoms with Gasteiger partial charge in [0, 0.05) is 38.3 Å². The molecule has 2 saturated heterocycles. The average Bonchev–Trinajstić information content (AvgIpc) is 3.17. The van der Waals surface area contributed by atoms with Crippen molar-refractivity contribution in [2.45, 2.75) is 46.2 Å². The molecule has 0 aromatic heterocycles. The van der Waals surface area contributed by atoms with Crippen LogP contribution in [0, 0.1) is 34.5 Å². The normalized spacial score (nSPS) is 22.3. The number of likely N-dealkylation sites (tertiary alicyclic amines) is 1. The van der Waals surface area contributed by atoms with E-state index >= 15 is 0 Å². The fraction of sp³-hybridized carbons (Fsp3) is 0.625. The van der Waals surface area contributed by atoms with Crippen molar-refractivity contribution >= 4 is 17.5 Å². The molecule has 3 rings (SSSR count). The smallest absolute Gasteiger partial charge is 0.370 e. The van der Waals surface area contributed by atoms with Crippen LogP contribution in [0.5, 0.6) is 0 Å². The first kappa shape index (κ1) is 24.9. The maximum Gasteiger partial charge on any atom is 0.417 e. The summed E-state index contributed by atoms with van der Waals surface area (Å²) in [6.07, 6.45) is -2.70. The van der Waals surface area contributed by atoms with Gasteiger partial charge in [-0.25, -0.2) is 0 Å². The number of carbonyl (C=O) groups excluding carboxylic acids is 2. The lowest BCUT2D eigenvalue weighted by Crippen LogP contribution is -2.43. The number of nitrogens with two attached hydrogens (primary N) is 1. The molecule has 2 atom stereocenters. The summed E-state index contributed by atoms with van der Waals surface area (Å²) in [4.78, 5) is 28.4. The predicted octanol–water partition coefficient (Wildman–Crippen LogP) is 3.79. The highest BCUT2D eigenvalue weighted by atomic mass is 19.4. The Hall–Kier alpha value is -2.76. The molecule has 2 N–H and O–H groups in total. The van der Waals surface area contributed by atoms with Gasteiger partial charge in [-0.1, -0.05) is 20.8 Å². The first-order valence-corrected chi connectivity index (χ1v) is 11.2. The summed E-state index contributed by atoms with van der Waals surface area (Å²) in [6, 6.07) is 5.23. The lowest BCUT2D eigenvalue weighted by molar-refractivity contribution is -0.138. The van der Waals surface area contributed by atoms with E-state index in [-0.39, 0.29) is 29.7 Å². The van der Waals surface area contributed by atoms with Gasteiger partial charge in [0.2, 0.25) is 11.8 Å². The van der Waals surface area contributed by atoms with Crippen molar-refractivity contribution in [3.8, 4) is 6.07 Å².